The molecule has 0 bridgehead atoms. The molecule has 3 atom stereocenters. The third-order valence-corrected chi connectivity index (χ3v) is 5.22. The number of methoxy groups -OCH3 is 1. The minimum absolute atomic E-state index is 0.00858. The van der Waals surface area contributed by atoms with Crippen LogP contribution in [0.5, 0.6) is 0 Å². The highest BCUT2D eigenvalue weighted by Crippen LogP contribution is 2.31. The number of hydrogen-bond acceptors (Lipinski definition) is 5. The fourth-order valence-electron chi connectivity index (χ4n) is 3.78. The van der Waals surface area contributed by atoms with Crippen LogP contribution in [0, 0.1) is 4.84 Å². The van der Waals surface area contributed by atoms with E-state index in [2.05, 4.69) is 4.98 Å². The van der Waals surface area contributed by atoms with Crippen LogP contribution >= 0.6 is 12.2 Å². The van der Waals surface area contributed by atoms with Gasteiger partial charge in [-0.25, -0.2) is 0 Å². The Bertz CT molecular complexity index is 814. The first-order valence-electron chi connectivity index (χ1n) is 8.24. The van der Waals surface area contributed by atoms with Crippen molar-refractivity contribution in [2.75, 3.05) is 20.3 Å². The number of nitrogens with zero attached hydrogens (tertiary/aromatic N) is 1. The van der Waals surface area contributed by atoms with Crippen molar-refractivity contribution in [2.24, 2.45) is 0 Å². The predicted octanol–water partition coefficient (Wildman–Crippen LogP) is 2.90. The number of morpholine rings is 1. The van der Waals surface area contributed by atoms with Gasteiger partial charge in [-0.2, -0.15) is 0 Å². The molecule has 1 aliphatic carbocycles. The molecule has 1 aromatic carbocycles. The predicted molar refractivity (Wildman–Crippen MR) is 90.6 cm³/mol. The molecule has 1 amide bonds. The lowest BCUT2D eigenvalue weighted by molar-refractivity contribution is -0.101. The van der Waals surface area contributed by atoms with Crippen LogP contribution in [0.15, 0.2) is 22.6 Å². The van der Waals surface area contributed by atoms with Gasteiger partial charge in [-0.05, 0) is 49.7 Å². The van der Waals surface area contributed by atoms with Gasteiger partial charge in [0.05, 0.1) is 30.4 Å². The molecule has 24 heavy (non-hydrogen) atoms. The normalized spacial score (nSPS) is 27.2. The van der Waals surface area contributed by atoms with E-state index in [1.807, 2.05) is 17.0 Å². The van der Waals surface area contributed by atoms with Gasteiger partial charge < -0.3 is 23.8 Å². The lowest BCUT2D eigenvalue weighted by Crippen LogP contribution is -2.56. The number of rotatable bonds is 2. The van der Waals surface area contributed by atoms with E-state index in [4.69, 9.17) is 26.1 Å². The number of ether oxygens (including phenoxy) is 2. The summed E-state index contributed by atoms with van der Waals surface area (Å²) in [4.78, 5) is 18.2. The molecule has 1 aromatic heterocycles. The smallest absolute Gasteiger partial charge is 0.266 e. The van der Waals surface area contributed by atoms with E-state index in [0.717, 1.165) is 24.8 Å². The van der Waals surface area contributed by atoms with E-state index < -0.39 is 0 Å². The molecule has 4 rings (SSSR count). The van der Waals surface area contributed by atoms with Crippen LogP contribution in [-0.2, 0) is 9.47 Å². The average Bonchev–Trinajstić information content (AvgIpc) is 2.99. The Labute approximate surface area is 144 Å². The van der Waals surface area contributed by atoms with Gasteiger partial charge in [0.2, 0.25) is 0 Å². The molecule has 1 aliphatic heterocycles. The lowest BCUT2D eigenvalue weighted by atomic mass is 9.87. The highest BCUT2D eigenvalue weighted by Gasteiger charge is 2.40. The maximum absolute atomic E-state index is 13.1. The number of hydrogen-bond donors (Lipinski definition) is 1. The third kappa shape index (κ3) is 2.76. The Morgan fingerprint density at radius 2 is 2.29 bits per heavy atom. The number of carbonyl (C=O) groups excluding carboxylic acids is 1. The zero-order valence-electron chi connectivity index (χ0n) is 13.5. The lowest BCUT2D eigenvalue weighted by Gasteiger charge is -2.45. The van der Waals surface area contributed by atoms with Crippen molar-refractivity contribution in [1.29, 1.82) is 0 Å². The quantitative estimate of drug-likeness (QED) is 0.845. The fourth-order valence-corrected chi connectivity index (χ4v) is 3.98. The van der Waals surface area contributed by atoms with Crippen LogP contribution in [0.4, 0.5) is 0 Å². The number of fused-ring (bicyclic) bond motifs is 2. The first-order valence-corrected chi connectivity index (χ1v) is 8.65. The Balaban J connectivity index is 1.62. The summed E-state index contributed by atoms with van der Waals surface area (Å²) in [5.74, 6) is 0.00858. The molecule has 1 saturated carbocycles. The number of benzene rings is 1. The standard InChI is InChI=1S/C17H20N2O4S/c1-21-11-3-5-14-13(9-11)19(6-7-22-14)16(20)10-2-4-12-15(8-10)23-17(24)18-12/h2,4,8,11,13-14H,3,5-7,9H2,1H3,(H,18,24)/t11-,13-,14+/m1/s1. The van der Waals surface area contributed by atoms with Crippen molar-refractivity contribution in [3.63, 3.8) is 0 Å². The van der Waals surface area contributed by atoms with Gasteiger partial charge in [0.25, 0.3) is 10.7 Å². The van der Waals surface area contributed by atoms with Crippen molar-refractivity contribution in [3.8, 4) is 0 Å². The summed E-state index contributed by atoms with van der Waals surface area (Å²) in [6, 6.07) is 5.47. The summed E-state index contributed by atoms with van der Waals surface area (Å²) < 4.78 is 16.8. The van der Waals surface area contributed by atoms with Crippen LogP contribution in [0.25, 0.3) is 11.1 Å². The van der Waals surface area contributed by atoms with Crippen molar-refractivity contribution in [2.45, 2.75) is 37.5 Å². The Hall–Kier alpha value is -1.70. The van der Waals surface area contributed by atoms with Crippen LogP contribution in [0.1, 0.15) is 29.6 Å². The topological polar surface area (TPSA) is 67.7 Å². The molecular formula is C17H20N2O4S. The maximum atomic E-state index is 13.1. The number of carbonyl (C=O) groups is 1. The first kappa shape index (κ1) is 15.8. The monoisotopic (exact) mass is 348 g/mol. The summed E-state index contributed by atoms with van der Waals surface area (Å²) in [5, 5.41) is 0. The second-order valence-corrected chi connectivity index (χ2v) is 6.74. The molecule has 2 fully saturated rings. The second kappa shape index (κ2) is 6.31. The van der Waals surface area contributed by atoms with Crippen molar-refractivity contribution >= 4 is 29.2 Å². The van der Waals surface area contributed by atoms with Gasteiger partial charge in [0.15, 0.2) is 5.58 Å². The molecular weight excluding hydrogens is 328 g/mol. The molecule has 128 valence electrons. The molecule has 2 aliphatic rings. The van der Waals surface area contributed by atoms with Crippen LogP contribution < -0.4 is 0 Å². The average molecular weight is 348 g/mol. The highest BCUT2D eigenvalue weighted by molar-refractivity contribution is 7.71. The Morgan fingerprint density at radius 1 is 1.42 bits per heavy atom. The molecule has 0 spiro atoms. The Kier molecular flexibility index (Phi) is 4.15. The molecule has 1 saturated heterocycles. The van der Waals surface area contributed by atoms with Gasteiger partial charge in [0.1, 0.15) is 0 Å². The highest BCUT2D eigenvalue weighted by atomic mass is 32.1. The van der Waals surface area contributed by atoms with Crippen molar-refractivity contribution < 1.29 is 18.7 Å². The molecule has 2 heterocycles. The molecule has 2 aromatic rings. The van der Waals surface area contributed by atoms with Gasteiger partial charge in [0, 0.05) is 19.2 Å². The van der Waals surface area contributed by atoms with Gasteiger partial charge >= 0.3 is 0 Å². The van der Waals surface area contributed by atoms with E-state index in [1.165, 1.54) is 0 Å². The van der Waals surface area contributed by atoms with Crippen LogP contribution in [0.3, 0.4) is 0 Å². The molecule has 0 unspecified atom stereocenters. The maximum Gasteiger partial charge on any atom is 0.266 e. The van der Waals surface area contributed by atoms with E-state index >= 15 is 0 Å². The fraction of sp³-hybridized carbons (Fsp3) is 0.529. The SMILES string of the molecule is CO[C@@H]1CC[C@@H]2OCCN(C(=O)c3ccc4[nH]c(=S)oc4c3)[C@@H]2C1. The Morgan fingerprint density at radius 3 is 3.12 bits per heavy atom. The number of aromatic amines is 1. The van der Waals surface area contributed by atoms with Gasteiger partial charge in [-0.15, -0.1) is 0 Å². The number of oxazole rings is 1. The van der Waals surface area contributed by atoms with Crippen molar-refractivity contribution in [3.05, 3.63) is 28.6 Å². The first-order chi connectivity index (χ1) is 11.7. The summed E-state index contributed by atoms with van der Waals surface area (Å²) in [7, 11) is 1.73. The van der Waals surface area contributed by atoms with Crippen molar-refractivity contribution in [1.82, 2.24) is 9.88 Å². The largest absolute Gasteiger partial charge is 0.429 e. The van der Waals surface area contributed by atoms with E-state index in [9.17, 15) is 4.79 Å². The third-order valence-electron chi connectivity index (χ3n) is 5.03. The second-order valence-electron chi connectivity index (χ2n) is 6.37. The summed E-state index contributed by atoms with van der Waals surface area (Å²) in [5.41, 5.74) is 2.02. The molecule has 1 N–H and O–H groups in total. The summed E-state index contributed by atoms with van der Waals surface area (Å²) >= 11 is 5.00. The number of aromatic nitrogens is 1. The minimum atomic E-state index is 0.00858. The summed E-state index contributed by atoms with van der Waals surface area (Å²) in [6.07, 6.45) is 3.02. The molecule has 7 heteroatoms. The van der Waals surface area contributed by atoms with Gasteiger partial charge in [-0.3, -0.25) is 4.79 Å². The van der Waals surface area contributed by atoms with Crippen LogP contribution in [-0.4, -0.2) is 54.3 Å². The zero-order valence-corrected chi connectivity index (χ0v) is 14.3. The molecule has 0 radical (unpaired) electrons. The van der Waals surface area contributed by atoms with E-state index in [1.54, 1.807) is 13.2 Å². The van der Waals surface area contributed by atoms with E-state index in [0.29, 0.717) is 29.1 Å². The van der Waals surface area contributed by atoms with E-state index in [-0.39, 0.29) is 24.2 Å². The number of H-pyrrole nitrogens is 1. The number of nitrogens with one attached hydrogen (secondary N) is 1. The van der Waals surface area contributed by atoms with Crippen LogP contribution in [0.2, 0.25) is 0 Å². The molecule has 6 nitrogen and oxygen atoms in total. The zero-order chi connectivity index (χ0) is 16.7. The summed E-state index contributed by atoms with van der Waals surface area (Å²) in [6.45, 7) is 1.18. The number of amides is 1. The van der Waals surface area contributed by atoms with Gasteiger partial charge in [-0.1, -0.05) is 0 Å². The minimum Gasteiger partial charge on any atom is -0.429 e.